The van der Waals surface area contributed by atoms with Crippen LogP contribution in [0.25, 0.3) is 0 Å². The Morgan fingerprint density at radius 1 is 1.12 bits per heavy atom. The Hall–Kier alpha value is -2.61. The molecule has 8 nitrogen and oxygen atoms in total. The van der Waals surface area contributed by atoms with Crippen molar-refractivity contribution in [2.45, 2.75) is 91.5 Å². The number of carbonyl (C=O) groups is 3. The first-order valence-corrected chi connectivity index (χ1v) is 11.5. The largest absolute Gasteiger partial charge is 0.444 e. The first kappa shape index (κ1) is 28.4. The second-order valence-corrected chi connectivity index (χ2v) is 10.2. The fourth-order valence-electron chi connectivity index (χ4n) is 3.39. The van der Waals surface area contributed by atoms with Gasteiger partial charge in [-0.15, -0.1) is 0 Å². The number of rotatable bonds is 9. The zero-order valence-electron chi connectivity index (χ0n) is 21.3. The minimum absolute atomic E-state index is 0.314. The fraction of sp³-hybridized carbons (Fsp3) is 0.640. The van der Waals surface area contributed by atoms with Gasteiger partial charge in [0, 0.05) is 12.1 Å². The van der Waals surface area contributed by atoms with E-state index in [9.17, 15) is 19.5 Å². The number of amides is 3. The van der Waals surface area contributed by atoms with E-state index in [-0.39, 0.29) is 5.91 Å². The van der Waals surface area contributed by atoms with E-state index in [2.05, 4.69) is 10.6 Å². The van der Waals surface area contributed by atoms with E-state index in [1.807, 2.05) is 52.8 Å². The predicted molar refractivity (Wildman–Crippen MR) is 129 cm³/mol. The number of nitrogens with zero attached hydrogens (tertiary/aromatic N) is 1. The summed E-state index contributed by atoms with van der Waals surface area (Å²) in [5.41, 5.74) is 0.0449. The molecular formula is C25H41N3O5. The van der Waals surface area contributed by atoms with Gasteiger partial charge in [-0.05, 0) is 60.5 Å². The first-order valence-electron chi connectivity index (χ1n) is 11.5. The third-order valence-corrected chi connectivity index (χ3v) is 4.83. The number of aryl methyl sites for hydroxylation is 1. The third-order valence-electron chi connectivity index (χ3n) is 4.83. The van der Waals surface area contributed by atoms with Crippen LogP contribution < -0.4 is 10.6 Å². The summed E-state index contributed by atoms with van der Waals surface area (Å²) in [7, 11) is 0. The molecule has 33 heavy (non-hydrogen) atoms. The maximum absolute atomic E-state index is 13.7. The second kappa shape index (κ2) is 12.0. The highest BCUT2D eigenvalue weighted by Crippen LogP contribution is 2.30. The third kappa shape index (κ3) is 9.04. The zero-order valence-corrected chi connectivity index (χ0v) is 21.3. The van der Waals surface area contributed by atoms with Gasteiger partial charge in [-0.1, -0.05) is 43.2 Å². The van der Waals surface area contributed by atoms with Crippen molar-refractivity contribution < 1.29 is 24.2 Å². The zero-order chi connectivity index (χ0) is 25.4. The van der Waals surface area contributed by atoms with E-state index in [4.69, 9.17) is 4.74 Å². The van der Waals surface area contributed by atoms with Crippen molar-refractivity contribution in [3.63, 3.8) is 0 Å². The van der Waals surface area contributed by atoms with Crippen LogP contribution in [0.2, 0.25) is 0 Å². The molecule has 0 saturated heterocycles. The summed E-state index contributed by atoms with van der Waals surface area (Å²) < 4.78 is 5.25. The first-order chi connectivity index (χ1) is 15.2. The van der Waals surface area contributed by atoms with Crippen molar-refractivity contribution in [2.24, 2.45) is 0 Å². The molecule has 0 fully saturated rings. The summed E-state index contributed by atoms with van der Waals surface area (Å²) in [5.74, 6) is -0.890. The molecular weight excluding hydrogens is 422 g/mol. The van der Waals surface area contributed by atoms with E-state index in [0.717, 1.165) is 18.4 Å². The van der Waals surface area contributed by atoms with Crippen LogP contribution in [0.3, 0.4) is 0 Å². The number of hydrogen-bond acceptors (Lipinski definition) is 5. The SMILES string of the molecule is CCCCNC(=O)C(c1cccc(C)c1)N(C(=O)C(CO)NC(=O)OC(C)(C)C)C(C)(C)C. The number of ether oxygens (including phenoxy) is 1. The number of nitrogens with one attached hydrogen (secondary N) is 2. The molecule has 186 valence electrons. The Morgan fingerprint density at radius 3 is 2.24 bits per heavy atom. The highest BCUT2D eigenvalue weighted by molar-refractivity contribution is 5.92. The summed E-state index contributed by atoms with van der Waals surface area (Å²) in [6, 6.07) is 5.21. The summed E-state index contributed by atoms with van der Waals surface area (Å²) >= 11 is 0. The van der Waals surface area contributed by atoms with Crippen molar-refractivity contribution in [2.75, 3.05) is 13.2 Å². The molecule has 0 aliphatic carbocycles. The van der Waals surface area contributed by atoms with Gasteiger partial charge in [0.1, 0.15) is 17.7 Å². The molecule has 0 radical (unpaired) electrons. The van der Waals surface area contributed by atoms with Crippen LogP contribution in [0.1, 0.15) is 78.5 Å². The molecule has 0 bridgehead atoms. The second-order valence-electron chi connectivity index (χ2n) is 10.2. The summed E-state index contributed by atoms with van der Waals surface area (Å²) in [5, 5.41) is 15.3. The van der Waals surface area contributed by atoms with Crippen molar-refractivity contribution in [1.29, 1.82) is 0 Å². The van der Waals surface area contributed by atoms with Crippen LogP contribution in [-0.4, -0.2) is 58.2 Å². The summed E-state index contributed by atoms with van der Waals surface area (Å²) in [6.45, 7) is 14.4. The molecule has 3 N–H and O–H groups in total. The average molecular weight is 464 g/mol. The van der Waals surface area contributed by atoms with Crippen molar-refractivity contribution in [3.8, 4) is 0 Å². The van der Waals surface area contributed by atoms with Gasteiger partial charge < -0.3 is 25.4 Å². The minimum Gasteiger partial charge on any atom is -0.444 e. The Kier molecular flexibility index (Phi) is 10.4. The minimum atomic E-state index is -1.27. The maximum Gasteiger partial charge on any atom is 0.408 e. The van der Waals surface area contributed by atoms with Gasteiger partial charge >= 0.3 is 6.09 Å². The molecule has 3 amide bonds. The highest BCUT2D eigenvalue weighted by atomic mass is 16.6. The standard InChI is InChI=1S/C25H41N3O5/c1-9-10-14-26-21(30)20(18-13-11-12-17(2)15-18)28(24(3,4)5)22(31)19(16-29)27-23(32)33-25(6,7)8/h11-13,15,19-20,29H,9-10,14,16H2,1-8H3,(H,26,30)(H,27,32). The molecule has 0 aliphatic heterocycles. The molecule has 2 atom stereocenters. The smallest absolute Gasteiger partial charge is 0.408 e. The van der Waals surface area contributed by atoms with E-state index in [1.54, 1.807) is 26.8 Å². The highest BCUT2D eigenvalue weighted by Gasteiger charge is 2.41. The lowest BCUT2D eigenvalue weighted by Gasteiger charge is -2.43. The van der Waals surface area contributed by atoms with Crippen LogP contribution in [0.4, 0.5) is 4.79 Å². The molecule has 0 spiro atoms. The lowest BCUT2D eigenvalue weighted by Crippen LogP contribution is -2.59. The number of aliphatic hydroxyl groups excluding tert-OH is 1. The Bertz CT molecular complexity index is 811. The molecule has 0 aliphatic rings. The Morgan fingerprint density at radius 2 is 1.76 bits per heavy atom. The molecule has 1 aromatic rings. The number of carbonyl (C=O) groups excluding carboxylic acids is 3. The molecule has 0 heterocycles. The quantitative estimate of drug-likeness (QED) is 0.486. The van der Waals surface area contributed by atoms with Gasteiger partial charge in [-0.25, -0.2) is 4.79 Å². The fourth-order valence-corrected chi connectivity index (χ4v) is 3.39. The van der Waals surface area contributed by atoms with E-state index in [0.29, 0.717) is 12.1 Å². The Labute approximate surface area is 198 Å². The Balaban J connectivity index is 3.40. The normalized spacial score (nSPS) is 13.6. The van der Waals surface area contributed by atoms with E-state index >= 15 is 0 Å². The lowest BCUT2D eigenvalue weighted by molar-refractivity contribution is -0.149. The topological polar surface area (TPSA) is 108 Å². The average Bonchev–Trinajstić information content (AvgIpc) is 2.67. The van der Waals surface area contributed by atoms with Crippen LogP contribution in [0.15, 0.2) is 24.3 Å². The number of unbranched alkanes of at least 4 members (excludes halogenated alkanes) is 1. The molecule has 2 unspecified atom stereocenters. The van der Waals surface area contributed by atoms with E-state index in [1.165, 1.54) is 4.90 Å². The van der Waals surface area contributed by atoms with Crippen LogP contribution in [0.5, 0.6) is 0 Å². The number of benzene rings is 1. The molecule has 0 saturated carbocycles. The van der Waals surface area contributed by atoms with Gasteiger partial charge in [0.2, 0.25) is 11.8 Å². The van der Waals surface area contributed by atoms with Gasteiger partial charge in [0.25, 0.3) is 0 Å². The van der Waals surface area contributed by atoms with E-state index < -0.39 is 41.8 Å². The van der Waals surface area contributed by atoms with Gasteiger partial charge in [-0.3, -0.25) is 9.59 Å². The van der Waals surface area contributed by atoms with Gasteiger partial charge in [0.15, 0.2) is 0 Å². The van der Waals surface area contributed by atoms with Gasteiger partial charge in [0.05, 0.1) is 6.61 Å². The van der Waals surface area contributed by atoms with Crippen LogP contribution in [0, 0.1) is 6.92 Å². The van der Waals surface area contributed by atoms with Crippen molar-refractivity contribution in [3.05, 3.63) is 35.4 Å². The molecule has 0 aromatic heterocycles. The van der Waals surface area contributed by atoms with Crippen molar-refractivity contribution in [1.82, 2.24) is 15.5 Å². The monoisotopic (exact) mass is 463 g/mol. The molecule has 8 heteroatoms. The maximum atomic E-state index is 13.7. The van der Waals surface area contributed by atoms with Gasteiger partial charge in [-0.2, -0.15) is 0 Å². The summed E-state index contributed by atoms with van der Waals surface area (Å²) in [4.78, 5) is 40.8. The molecule has 1 aromatic carbocycles. The molecule has 1 rings (SSSR count). The predicted octanol–water partition coefficient (Wildman–Crippen LogP) is 3.47. The lowest BCUT2D eigenvalue weighted by atomic mass is 9.94. The van der Waals surface area contributed by atoms with Crippen LogP contribution in [-0.2, 0) is 14.3 Å². The number of aliphatic hydroxyl groups is 1. The summed E-state index contributed by atoms with van der Waals surface area (Å²) in [6.07, 6.45) is 0.919. The van der Waals surface area contributed by atoms with Crippen molar-refractivity contribution >= 4 is 17.9 Å². The number of alkyl carbamates (subject to hydrolysis) is 1. The van der Waals surface area contributed by atoms with Crippen LogP contribution >= 0.6 is 0 Å². The number of hydrogen-bond donors (Lipinski definition) is 3.